The van der Waals surface area contributed by atoms with E-state index in [-0.39, 0.29) is 17.9 Å². The third kappa shape index (κ3) is 9.85. The molecule has 0 heterocycles. The maximum Gasteiger partial charge on any atom is 0.305 e. The number of hydrogen-bond acceptors (Lipinski definition) is 3. The number of rotatable bonds is 8. The first-order chi connectivity index (χ1) is 7.95. The van der Waals surface area contributed by atoms with E-state index in [0.717, 1.165) is 25.7 Å². The standard InChI is InChI=1S/C13H25NO3/c1-10(2)9-12(14-11(3)15)7-5-6-8-13(16)17-4/h10,12H,5-9H2,1-4H3,(H,14,15). The maximum absolute atomic E-state index is 11.0. The Kier molecular flexibility index (Phi) is 8.46. The van der Waals surface area contributed by atoms with Gasteiger partial charge in [-0.05, 0) is 25.2 Å². The average Bonchev–Trinajstić information content (AvgIpc) is 2.22. The molecule has 0 aliphatic rings. The molecular weight excluding hydrogens is 218 g/mol. The topological polar surface area (TPSA) is 55.4 Å². The SMILES string of the molecule is COC(=O)CCCCC(CC(C)C)NC(C)=O. The summed E-state index contributed by atoms with van der Waals surface area (Å²) in [5, 5.41) is 2.96. The minimum atomic E-state index is -0.162. The lowest BCUT2D eigenvalue weighted by Gasteiger charge is -2.19. The van der Waals surface area contributed by atoms with Crippen molar-refractivity contribution in [3.8, 4) is 0 Å². The molecule has 0 rings (SSSR count). The normalized spacial score (nSPS) is 12.3. The summed E-state index contributed by atoms with van der Waals surface area (Å²) >= 11 is 0. The summed E-state index contributed by atoms with van der Waals surface area (Å²) in [6.45, 7) is 5.83. The fraction of sp³-hybridized carbons (Fsp3) is 0.846. The van der Waals surface area contributed by atoms with Gasteiger partial charge in [0, 0.05) is 19.4 Å². The molecule has 4 nitrogen and oxygen atoms in total. The van der Waals surface area contributed by atoms with Crippen molar-refractivity contribution in [2.24, 2.45) is 5.92 Å². The van der Waals surface area contributed by atoms with Crippen molar-refractivity contribution in [3.05, 3.63) is 0 Å². The fourth-order valence-electron chi connectivity index (χ4n) is 1.87. The van der Waals surface area contributed by atoms with Crippen molar-refractivity contribution in [1.29, 1.82) is 0 Å². The first-order valence-electron chi connectivity index (χ1n) is 6.29. The van der Waals surface area contributed by atoms with Crippen LogP contribution in [0.1, 0.15) is 52.9 Å². The molecule has 0 aromatic carbocycles. The van der Waals surface area contributed by atoms with E-state index in [4.69, 9.17) is 0 Å². The van der Waals surface area contributed by atoms with E-state index < -0.39 is 0 Å². The maximum atomic E-state index is 11.0. The second-order valence-corrected chi connectivity index (χ2v) is 4.85. The fourth-order valence-corrected chi connectivity index (χ4v) is 1.87. The largest absolute Gasteiger partial charge is 0.469 e. The van der Waals surface area contributed by atoms with Crippen LogP contribution in [0.3, 0.4) is 0 Å². The Labute approximate surface area is 104 Å². The Morgan fingerprint density at radius 1 is 1.24 bits per heavy atom. The summed E-state index contributed by atoms with van der Waals surface area (Å²) < 4.78 is 4.58. The monoisotopic (exact) mass is 243 g/mol. The van der Waals surface area contributed by atoms with Crippen molar-refractivity contribution in [2.75, 3.05) is 7.11 Å². The molecule has 0 radical (unpaired) electrons. The summed E-state index contributed by atoms with van der Waals surface area (Å²) in [5.41, 5.74) is 0. The number of carbonyl (C=O) groups is 2. The molecule has 0 aromatic rings. The highest BCUT2D eigenvalue weighted by atomic mass is 16.5. The van der Waals surface area contributed by atoms with Crippen LogP contribution in [0.4, 0.5) is 0 Å². The lowest BCUT2D eigenvalue weighted by molar-refractivity contribution is -0.140. The van der Waals surface area contributed by atoms with E-state index in [2.05, 4.69) is 23.9 Å². The van der Waals surface area contributed by atoms with Gasteiger partial charge in [-0.3, -0.25) is 9.59 Å². The van der Waals surface area contributed by atoms with Crippen LogP contribution in [-0.4, -0.2) is 25.0 Å². The van der Waals surface area contributed by atoms with E-state index in [1.807, 2.05) is 0 Å². The van der Waals surface area contributed by atoms with Crippen LogP contribution in [-0.2, 0) is 14.3 Å². The van der Waals surface area contributed by atoms with Crippen molar-refractivity contribution in [1.82, 2.24) is 5.32 Å². The number of methoxy groups -OCH3 is 1. The van der Waals surface area contributed by atoms with Gasteiger partial charge in [-0.1, -0.05) is 20.3 Å². The number of amides is 1. The summed E-state index contributed by atoms with van der Waals surface area (Å²) in [5.74, 6) is 0.418. The molecular formula is C13H25NO3. The Balaban J connectivity index is 3.82. The molecule has 0 spiro atoms. The number of hydrogen-bond donors (Lipinski definition) is 1. The number of nitrogens with one attached hydrogen (secondary N) is 1. The van der Waals surface area contributed by atoms with Crippen LogP contribution in [0.5, 0.6) is 0 Å². The van der Waals surface area contributed by atoms with E-state index >= 15 is 0 Å². The Hall–Kier alpha value is -1.06. The van der Waals surface area contributed by atoms with Gasteiger partial charge in [-0.15, -0.1) is 0 Å². The molecule has 0 aromatic heterocycles. The van der Waals surface area contributed by atoms with Crippen molar-refractivity contribution in [3.63, 3.8) is 0 Å². The van der Waals surface area contributed by atoms with Crippen LogP contribution >= 0.6 is 0 Å². The van der Waals surface area contributed by atoms with Gasteiger partial charge in [-0.2, -0.15) is 0 Å². The molecule has 1 amide bonds. The molecule has 1 atom stereocenters. The highest BCUT2D eigenvalue weighted by Gasteiger charge is 2.12. The van der Waals surface area contributed by atoms with Gasteiger partial charge >= 0.3 is 5.97 Å². The van der Waals surface area contributed by atoms with Crippen LogP contribution in [0.15, 0.2) is 0 Å². The zero-order chi connectivity index (χ0) is 13.3. The molecule has 1 unspecified atom stereocenters. The van der Waals surface area contributed by atoms with E-state index in [0.29, 0.717) is 12.3 Å². The summed E-state index contributed by atoms with van der Waals surface area (Å²) in [6.07, 6.45) is 4.13. The average molecular weight is 243 g/mol. The first-order valence-corrected chi connectivity index (χ1v) is 6.29. The minimum absolute atomic E-state index is 0.0172. The Morgan fingerprint density at radius 2 is 1.88 bits per heavy atom. The van der Waals surface area contributed by atoms with Gasteiger partial charge in [0.05, 0.1) is 7.11 Å². The minimum Gasteiger partial charge on any atom is -0.469 e. The second kappa shape index (κ2) is 9.02. The van der Waals surface area contributed by atoms with Gasteiger partial charge in [-0.25, -0.2) is 0 Å². The number of esters is 1. The van der Waals surface area contributed by atoms with Crippen LogP contribution in [0.25, 0.3) is 0 Å². The first kappa shape index (κ1) is 15.9. The van der Waals surface area contributed by atoms with Crippen LogP contribution < -0.4 is 5.32 Å². The van der Waals surface area contributed by atoms with Crippen molar-refractivity contribution in [2.45, 2.75) is 58.9 Å². The highest BCUT2D eigenvalue weighted by Crippen LogP contribution is 2.12. The molecule has 17 heavy (non-hydrogen) atoms. The molecule has 1 N–H and O–H groups in total. The molecule has 0 fully saturated rings. The molecule has 0 aliphatic heterocycles. The third-order valence-electron chi connectivity index (χ3n) is 2.57. The zero-order valence-electron chi connectivity index (χ0n) is 11.4. The lowest BCUT2D eigenvalue weighted by Crippen LogP contribution is -2.34. The van der Waals surface area contributed by atoms with Gasteiger partial charge in [0.15, 0.2) is 0 Å². The molecule has 0 saturated carbocycles. The number of carbonyl (C=O) groups excluding carboxylic acids is 2. The van der Waals surface area contributed by atoms with Gasteiger partial charge in [0.1, 0.15) is 0 Å². The van der Waals surface area contributed by atoms with Gasteiger partial charge in [0.2, 0.25) is 5.91 Å². The Morgan fingerprint density at radius 3 is 2.35 bits per heavy atom. The quantitative estimate of drug-likeness (QED) is 0.525. The summed E-state index contributed by atoms with van der Waals surface area (Å²) in [6, 6.07) is 0.227. The molecule has 0 bridgehead atoms. The van der Waals surface area contributed by atoms with Crippen molar-refractivity contribution >= 4 is 11.9 Å². The highest BCUT2D eigenvalue weighted by molar-refractivity contribution is 5.73. The van der Waals surface area contributed by atoms with Crippen LogP contribution in [0, 0.1) is 5.92 Å². The third-order valence-corrected chi connectivity index (χ3v) is 2.57. The zero-order valence-corrected chi connectivity index (χ0v) is 11.4. The lowest BCUT2D eigenvalue weighted by atomic mass is 9.98. The number of ether oxygens (including phenoxy) is 1. The second-order valence-electron chi connectivity index (χ2n) is 4.85. The van der Waals surface area contributed by atoms with E-state index in [1.54, 1.807) is 6.92 Å². The molecule has 0 saturated heterocycles. The Bertz CT molecular complexity index is 239. The van der Waals surface area contributed by atoms with E-state index in [9.17, 15) is 9.59 Å². The van der Waals surface area contributed by atoms with Gasteiger partial charge in [0.25, 0.3) is 0 Å². The predicted molar refractivity (Wildman–Crippen MR) is 67.5 cm³/mol. The molecule has 100 valence electrons. The molecule has 4 heteroatoms. The van der Waals surface area contributed by atoms with Gasteiger partial charge < -0.3 is 10.1 Å². The molecule has 0 aliphatic carbocycles. The number of unbranched alkanes of at least 4 members (excludes halogenated alkanes) is 1. The summed E-state index contributed by atoms with van der Waals surface area (Å²) in [4.78, 5) is 22.0. The summed E-state index contributed by atoms with van der Waals surface area (Å²) in [7, 11) is 1.40. The van der Waals surface area contributed by atoms with Crippen LogP contribution in [0.2, 0.25) is 0 Å². The smallest absolute Gasteiger partial charge is 0.305 e. The van der Waals surface area contributed by atoms with Crippen molar-refractivity contribution < 1.29 is 14.3 Å². The van der Waals surface area contributed by atoms with E-state index in [1.165, 1.54) is 7.11 Å². The predicted octanol–water partition coefficient (Wildman–Crippen LogP) is 2.27.